The van der Waals surface area contributed by atoms with Crippen LogP contribution in [0.5, 0.6) is 0 Å². The van der Waals surface area contributed by atoms with Gasteiger partial charge in [-0.2, -0.15) is 10.5 Å². The van der Waals surface area contributed by atoms with E-state index in [4.69, 9.17) is 0 Å². The zero-order valence-corrected chi connectivity index (χ0v) is 22.8. The van der Waals surface area contributed by atoms with Crippen molar-refractivity contribution in [2.45, 2.75) is 0 Å². The first-order valence-electron chi connectivity index (χ1n) is 13.9. The second-order valence-electron chi connectivity index (χ2n) is 10.4. The molecule has 0 heterocycles. The number of benzene rings is 7. The van der Waals surface area contributed by atoms with Crippen molar-refractivity contribution in [3.8, 4) is 56.6 Å². The van der Waals surface area contributed by atoms with Gasteiger partial charge in [0.15, 0.2) is 0 Å². The van der Waals surface area contributed by atoms with Gasteiger partial charge in [0.1, 0.15) is 0 Å². The Balaban J connectivity index is 1.46. The highest BCUT2D eigenvalue weighted by Crippen LogP contribution is 2.44. The van der Waals surface area contributed by atoms with Crippen molar-refractivity contribution in [1.82, 2.24) is 0 Å². The molecule has 0 N–H and O–H groups in total. The third kappa shape index (κ3) is 4.39. The zero-order valence-electron chi connectivity index (χ0n) is 22.8. The molecule has 7 aromatic carbocycles. The fraction of sp³-hybridized carbons (Fsp3) is 0. The van der Waals surface area contributed by atoms with Crippen LogP contribution in [0, 0.1) is 22.7 Å². The molecule has 0 aliphatic heterocycles. The highest BCUT2D eigenvalue weighted by Gasteiger charge is 2.17. The van der Waals surface area contributed by atoms with Crippen molar-refractivity contribution in [3.05, 3.63) is 157 Å². The Hall–Kier alpha value is -5.96. The topological polar surface area (TPSA) is 47.6 Å². The van der Waals surface area contributed by atoms with Gasteiger partial charge in [-0.15, -0.1) is 0 Å². The van der Waals surface area contributed by atoms with Gasteiger partial charge >= 0.3 is 0 Å². The molecule has 0 unspecified atom stereocenters. The van der Waals surface area contributed by atoms with Crippen LogP contribution >= 0.6 is 0 Å². The molecule has 0 saturated carbocycles. The Labute approximate surface area is 245 Å². The number of hydrogen-bond acceptors (Lipinski definition) is 2. The minimum atomic E-state index is 0.654. The summed E-state index contributed by atoms with van der Waals surface area (Å²) in [4.78, 5) is 0. The number of fused-ring (bicyclic) bond motifs is 2. The van der Waals surface area contributed by atoms with E-state index >= 15 is 0 Å². The van der Waals surface area contributed by atoms with Gasteiger partial charge in [-0.25, -0.2) is 0 Å². The first-order chi connectivity index (χ1) is 20.7. The molecule has 0 atom stereocenters. The van der Waals surface area contributed by atoms with Gasteiger partial charge in [0.25, 0.3) is 0 Å². The third-order valence-corrected chi connectivity index (χ3v) is 7.91. The Bertz CT molecular complexity index is 2150. The van der Waals surface area contributed by atoms with Crippen LogP contribution in [0.25, 0.3) is 66.1 Å². The summed E-state index contributed by atoms with van der Waals surface area (Å²) in [6.45, 7) is 0. The summed E-state index contributed by atoms with van der Waals surface area (Å²) in [5.41, 5.74) is 10.3. The lowest BCUT2D eigenvalue weighted by molar-refractivity contribution is 1.48. The molecule has 0 bridgehead atoms. The van der Waals surface area contributed by atoms with Crippen LogP contribution in [0.1, 0.15) is 11.1 Å². The van der Waals surface area contributed by atoms with E-state index in [1.54, 1.807) is 0 Å². The lowest BCUT2D eigenvalue weighted by atomic mass is 9.85. The number of rotatable bonds is 4. The van der Waals surface area contributed by atoms with E-state index < -0.39 is 0 Å². The van der Waals surface area contributed by atoms with E-state index in [-0.39, 0.29) is 0 Å². The third-order valence-electron chi connectivity index (χ3n) is 7.91. The molecule has 0 radical (unpaired) electrons. The molecule has 42 heavy (non-hydrogen) atoms. The standard InChI is InChI=1S/C40H24N2/c41-25-27-18-20-29(21-19-27)31-10-6-12-33(23-31)39-35-14-1-3-16-37(35)40(38-17-4-2-15-36(38)39)34-13-7-11-32(24-34)30-9-5-8-28(22-30)26-42/h1-24H. The van der Waals surface area contributed by atoms with Crippen molar-refractivity contribution < 1.29 is 0 Å². The fourth-order valence-electron chi connectivity index (χ4n) is 5.96. The monoisotopic (exact) mass is 532 g/mol. The fourth-order valence-corrected chi connectivity index (χ4v) is 5.96. The summed E-state index contributed by atoms with van der Waals surface area (Å²) >= 11 is 0. The Morgan fingerprint density at radius 3 is 1.19 bits per heavy atom. The van der Waals surface area contributed by atoms with Gasteiger partial charge in [-0.05, 0) is 102 Å². The maximum atomic E-state index is 9.44. The van der Waals surface area contributed by atoms with Crippen LogP contribution < -0.4 is 0 Å². The number of nitriles is 2. The molecular formula is C40H24N2. The maximum Gasteiger partial charge on any atom is 0.0991 e. The van der Waals surface area contributed by atoms with Crippen molar-refractivity contribution in [2.24, 2.45) is 0 Å². The smallest absolute Gasteiger partial charge is 0.0991 e. The van der Waals surface area contributed by atoms with Gasteiger partial charge in [0, 0.05) is 0 Å². The van der Waals surface area contributed by atoms with Crippen molar-refractivity contribution >= 4 is 21.5 Å². The highest BCUT2D eigenvalue weighted by molar-refractivity contribution is 6.21. The van der Waals surface area contributed by atoms with Gasteiger partial charge in [0.05, 0.1) is 23.3 Å². The van der Waals surface area contributed by atoms with Gasteiger partial charge in [-0.1, -0.05) is 109 Å². The lowest BCUT2D eigenvalue weighted by Crippen LogP contribution is -1.91. The summed E-state index contributed by atoms with van der Waals surface area (Å²) in [6.07, 6.45) is 0. The van der Waals surface area contributed by atoms with Crippen LogP contribution in [0.2, 0.25) is 0 Å². The van der Waals surface area contributed by atoms with E-state index in [2.05, 4.69) is 115 Å². The summed E-state index contributed by atoms with van der Waals surface area (Å²) in [5.74, 6) is 0. The first kappa shape index (κ1) is 25.0. The van der Waals surface area contributed by atoms with E-state index in [1.807, 2.05) is 42.5 Å². The number of hydrogen-bond donors (Lipinski definition) is 0. The predicted octanol–water partition coefficient (Wildman–Crippen LogP) is 10.4. The van der Waals surface area contributed by atoms with Crippen molar-refractivity contribution in [1.29, 1.82) is 10.5 Å². The second-order valence-corrected chi connectivity index (χ2v) is 10.4. The molecule has 0 aromatic heterocycles. The predicted molar refractivity (Wildman–Crippen MR) is 173 cm³/mol. The summed E-state index contributed by atoms with van der Waals surface area (Å²) in [7, 11) is 0. The van der Waals surface area contributed by atoms with Gasteiger partial charge in [0.2, 0.25) is 0 Å². The van der Waals surface area contributed by atoms with Crippen molar-refractivity contribution in [3.63, 3.8) is 0 Å². The van der Waals surface area contributed by atoms with E-state index in [1.165, 1.54) is 32.7 Å². The minimum absolute atomic E-state index is 0.654. The molecular weight excluding hydrogens is 508 g/mol. The quantitative estimate of drug-likeness (QED) is 0.212. The molecule has 0 aliphatic rings. The van der Waals surface area contributed by atoms with Crippen LogP contribution in [0.4, 0.5) is 0 Å². The highest BCUT2D eigenvalue weighted by atomic mass is 14.2. The first-order valence-corrected chi connectivity index (χ1v) is 13.9. The van der Waals surface area contributed by atoms with E-state index in [9.17, 15) is 10.5 Å². The molecule has 2 heteroatoms. The van der Waals surface area contributed by atoms with E-state index in [0.29, 0.717) is 11.1 Å². The van der Waals surface area contributed by atoms with Gasteiger partial charge < -0.3 is 0 Å². The molecule has 0 spiro atoms. The molecule has 2 nitrogen and oxygen atoms in total. The SMILES string of the molecule is N#Cc1ccc(-c2cccc(-c3c4ccccc4c(-c4cccc(-c5cccc(C#N)c5)c4)c4ccccc34)c2)cc1. The molecule has 0 saturated heterocycles. The van der Waals surface area contributed by atoms with Crippen LogP contribution in [-0.2, 0) is 0 Å². The normalized spacial score (nSPS) is 10.8. The molecule has 194 valence electrons. The molecule has 7 rings (SSSR count). The Morgan fingerprint density at radius 1 is 0.310 bits per heavy atom. The Kier molecular flexibility index (Phi) is 6.29. The average molecular weight is 533 g/mol. The average Bonchev–Trinajstić information content (AvgIpc) is 3.07. The van der Waals surface area contributed by atoms with E-state index in [0.717, 1.165) is 33.4 Å². The minimum Gasteiger partial charge on any atom is -0.192 e. The van der Waals surface area contributed by atoms with Crippen LogP contribution in [0.3, 0.4) is 0 Å². The summed E-state index contributed by atoms with van der Waals surface area (Å²) in [6, 6.07) is 54.6. The molecule has 0 aliphatic carbocycles. The van der Waals surface area contributed by atoms with Crippen molar-refractivity contribution in [2.75, 3.05) is 0 Å². The lowest BCUT2D eigenvalue weighted by Gasteiger charge is -2.18. The summed E-state index contributed by atoms with van der Waals surface area (Å²) < 4.78 is 0. The molecule has 0 fully saturated rings. The second kappa shape index (κ2) is 10.5. The summed E-state index contributed by atoms with van der Waals surface area (Å²) in [5, 5.41) is 23.4. The largest absolute Gasteiger partial charge is 0.192 e. The zero-order chi connectivity index (χ0) is 28.5. The van der Waals surface area contributed by atoms with Crippen LogP contribution in [-0.4, -0.2) is 0 Å². The van der Waals surface area contributed by atoms with Crippen LogP contribution in [0.15, 0.2) is 146 Å². The maximum absolute atomic E-state index is 9.44. The number of nitrogens with zero attached hydrogens (tertiary/aromatic N) is 2. The molecule has 7 aromatic rings. The molecule has 0 amide bonds. The Morgan fingerprint density at radius 2 is 0.714 bits per heavy atom. The van der Waals surface area contributed by atoms with Gasteiger partial charge in [-0.3, -0.25) is 0 Å².